The molecule has 3 N–H and O–H groups in total. The topological polar surface area (TPSA) is 87.3 Å². The molecule has 1 aromatic carbocycles. The number of nitrogens with one attached hydrogen (secondary N) is 3. The van der Waals surface area contributed by atoms with E-state index in [0.717, 1.165) is 32.4 Å². The van der Waals surface area contributed by atoms with Crippen LogP contribution >= 0.6 is 12.4 Å². The highest BCUT2D eigenvalue weighted by molar-refractivity contribution is 7.89. The first kappa shape index (κ1) is 20.2. The Morgan fingerprint density at radius 2 is 2.04 bits per heavy atom. The summed E-state index contributed by atoms with van der Waals surface area (Å²) in [5, 5.41) is 6.33. The summed E-state index contributed by atoms with van der Waals surface area (Å²) in [6.07, 6.45) is 3.05. The number of piperidine rings is 1. The SMILES string of the molecule is CC1CNCCC1NC(=O)c1cccc(S(=O)(=O)NCC2CC2)c1.Cl. The number of amides is 1. The standard InChI is InChI=1S/C17H25N3O3S.ClH/c1-12-10-18-8-7-16(12)20-17(21)14-3-2-4-15(9-14)24(22,23)19-11-13-5-6-13;/h2-4,9,12-13,16,18-19H,5-8,10-11H2,1H3,(H,20,21);1H. The molecule has 2 fully saturated rings. The molecular formula is C17H26ClN3O3S. The molecule has 1 aromatic rings. The molecule has 6 nitrogen and oxygen atoms in total. The molecule has 2 atom stereocenters. The van der Waals surface area contributed by atoms with E-state index in [9.17, 15) is 13.2 Å². The second-order valence-corrected chi connectivity index (χ2v) is 8.64. The summed E-state index contributed by atoms with van der Waals surface area (Å²) in [4.78, 5) is 12.6. The van der Waals surface area contributed by atoms with E-state index in [1.165, 1.54) is 12.1 Å². The first-order valence-corrected chi connectivity index (χ1v) is 10.1. The highest BCUT2D eigenvalue weighted by atomic mass is 35.5. The third-order valence-corrected chi connectivity index (χ3v) is 6.19. The van der Waals surface area contributed by atoms with Gasteiger partial charge < -0.3 is 10.6 Å². The van der Waals surface area contributed by atoms with Crippen molar-refractivity contribution in [3.63, 3.8) is 0 Å². The van der Waals surface area contributed by atoms with Gasteiger partial charge in [0.15, 0.2) is 0 Å². The summed E-state index contributed by atoms with van der Waals surface area (Å²) >= 11 is 0. The lowest BCUT2D eigenvalue weighted by atomic mass is 9.95. The lowest BCUT2D eigenvalue weighted by Crippen LogP contribution is -2.48. The molecule has 2 aliphatic rings. The second-order valence-electron chi connectivity index (χ2n) is 6.87. The van der Waals surface area contributed by atoms with E-state index in [-0.39, 0.29) is 29.3 Å². The summed E-state index contributed by atoms with van der Waals surface area (Å²) in [6, 6.07) is 6.37. The van der Waals surface area contributed by atoms with Crippen LogP contribution in [0.2, 0.25) is 0 Å². The number of benzene rings is 1. The van der Waals surface area contributed by atoms with Crippen LogP contribution in [0.5, 0.6) is 0 Å². The Kier molecular flexibility index (Phi) is 6.85. The van der Waals surface area contributed by atoms with Crippen molar-refractivity contribution in [1.29, 1.82) is 0 Å². The van der Waals surface area contributed by atoms with Gasteiger partial charge in [0.05, 0.1) is 4.90 Å². The maximum Gasteiger partial charge on any atom is 0.251 e. The zero-order valence-corrected chi connectivity index (χ0v) is 16.0. The average molecular weight is 388 g/mol. The maximum atomic E-state index is 12.5. The number of sulfonamides is 1. The van der Waals surface area contributed by atoms with Crippen molar-refractivity contribution in [1.82, 2.24) is 15.4 Å². The fourth-order valence-corrected chi connectivity index (χ4v) is 4.08. The maximum absolute atomic E-state index is 12.5. The van der Waals surface area contributed by atoms with Crippen LogP contribution in [0, 0.1) is 11.8 Å². The van der Waals surface area contributed by atoms with E-state index in [1.54, 1.807) is 12.1 Å². The normalized spacial score (nSPS) is 23.6. The van der Waals surface area contributed by atoms with Gasteiger partial charge in [0, 0.05) is 18.2 Å². The van der Waals surface area contributed by atoms with E-state index in [1.807, 2.05) is 0 Å². The molecule has 1 amide bonds. The third kappa shape index (κ3) is 5.41. The molecule has 1 aliphatic heterocycles. The van der Waals surface area contributed by atoms with Gasteiger partial charge >= 0.3 is 0 Å². The minimum Gasteiger partial charge on any atom is -0.349 e. The molecule has 1 saturated carbocycles. The van der Waals surface area contributed by atoms with Gasteiger partial charge in [-0.2, -0.15) is 0 Å². The fourth-order valence-electron chi connectivity index (χ4n) is 2.92. The number of rotatable bonds is 6. The Bertz CT molecular complexity index is 707. The minimum atomic E-state index is -3.56. The molecule has 1 saturated heterocycles. The Labute approximate surface area is 155 Å². The lowest BCUT2D eigenvalue weighted by Gasteiger charge is -2.30. The molecule has 8 heteroatoms. The molecule has 0 aromatic heterocycles. The Morgan fingerprint density at radius 3 is 2.72 bits per heavy atom. The lowest BCUT2D eigenvalue weighted by molar-refractivity contribution is 0.0914. The number of carbonyl (C=O) groups is 1. The molecule has 0 radical (unpaired) electrons. The van der Waals surface area contributed by atoms with Gasteiger partial charge in [-0.1, -0.05) is 13.0 Å². The van der Waals surface area contributed by atoms with Crippen LogP contribution < -0.4 is 15.4 Å². The number of halogens is 1. The smallest absolute Gasteiger partial charge is 0.251 e. The minimum absolute atomic E-state index is 0. The van der Waals surface area contributed by atoms with Crippen LogP contribution in [0.3, 0.4) is 0 Å². The Morgan fingerprint density at radius 1 is 1.28 bits per heavy atom. The molecule has 1 heterocycles. The van der Waals surface area contributed by atoms with Gasteiger partial charge in [0.25, 0.3) is 5.91 Å². The van der Waals surface area contributed by atoms with Crippen LogP contribution in [0.4, 0.5) is 0 Å². The van der Waals surface area contributed by atoms with Gasteiger partial charge in [0.1, 0.15) is 0 Å². The van der Waals surface area contributed by atoms with Gasteiger partial charge in [0.2, 0.25) is 10.0 Å². The van der Waals surface area contributed by atoms with E-state index >= 15 is 0 Å². The van der Waals surface area contributed by atoms with Gasteiger partial charge in [-0.15, -0.1) is 12.4 Å². The summed E-state index contributed by atoms with van der Waals surface area (Å²) in [6.45, 7) is 4.34. The third-order valence-electron chi connectivity index (χ3n) is 4.77. The first-order valence-electron chi connectivity index (χ1n) is 8.57. The van der Waals surface area contributed by atoms with E-state index in [2.05, 4.69) is 22.3 Å². The molecule has 0 spiro atoms. The van der Waals surface area contributed by atoms with Crippen molar-refractivity contribution in [2.75, 3.05) is 19.6 Å². The number of hydrogen-bond acceptors (Lipinski definition) is 4. The summed E-state index contributed by atoms with van der Waals surface area (Å²) in [5.74, 6) is 0.607. The predicted octanol–water partition coefficient (Wildman–Crippen LogP) is 1.52. The van der Waals surface area contributed by atoms with Crippen LogP contribution in [0.25, 0.3) is 0 Å². The van der Waals surface area contributed by atoms with Crippen molar-refractivity contribution in [3.05, 3.63) is 29.8 Å². The molecule has 0 bridgehead atoms. The first-order chi connectivity index (χ1) is 11.5. The van der Waals surface area contributed by atoms with E-state index < -0.39 is 10.0 Å². The van der Waals surface area contributed by atoms with Gasteiger partial charge in [-0.25, -0.2) is 13.1 Å². The van der Waals surface area contributed by atoms with Crippen LogP contribution in [-0.4, -0.2) is 40.0 Å². The van der Waals surface area contributed by atoms with Crippen molar-refractivity contribution >= 4 is 28.3 Å². The monoisotopic (exact) mass is 387 g/mol. The molecule has 2 unspecified atom stereocenters. The highest BCUT2D eigenvalue weighted by Gasteiger charge is 2.26. The zero-order valence-electron chi connectivity index (χ0n) is 14.3. The van der Waals surface area contributed by atoms with E-state index in [4.69, 9.17) is 0 Å². The van der Waals surface area contributed by atoms with Crippen LogP contribution in [0.1, 0.15) is 36.5 Å². The molecule has 1 aliphatic carbocycles. The Balaban J connectivity index is 0.00000225. The summed E-state index contributed by atoms with van der Waals surface area (Å²) < 4.78 is 27.3. The summed E-state index contributed by atoms with van der Waals surface area (Å²) in [5.41, 5.74) is 0.384. The Hall–Kier alpha value is -1.15. The zero-order chi connectivity index (χ0) is 17.2. The van der Waals surface area contributed by atoms with Crippen LogP contribution in [-0.2, 0) is 10.0 Å². The average Bonchev–Trinajstić information content (AvgIpc) is 3.40. The predicted molar refractivity (Wildman–Crippen MR) is 99.5 cm³/mol. The van der Waals surface area contributed by atoms with E-state index in [0.29, 0.717) is 23.9 Å². The molecule has 3 rings (SSSR count). The summed E-state index contributed by atoms with van der Waals surface area (Å²) in [7, 11) is -3.56. The fraction of sp³-hybridized carbons (Fsp3) is 0.588. The number of carbonyl (C=O) groups excluding carboxylic acids is 1. The molecule has 25 heavy (non-hydrogen) atoms. The number of hydrogen-bond donors (Lipinski definition) is 3. The molecule has 140 valence electrons. The van der Waals surface area contributed by atoms with Crippen molar-refractivity contribution < 1.29 is 13.2 Å². The van der Waals surface area contributed by atoms with Crippen molar-refractivity contribution in [3.8, 4) is 0 Å². The second kappa shape index (κ2) is 8.49. The quantitative estimate of drug-likeness (QED) is 0.690. The van der Waals surface area contributed by atoms with Crippen molar-refractivity contribution in [2.45, 2.75) is 37.1 Å². The van der Waals surface area contributed by atoms with Gasteiger partial charge in [-0.3, -0.25) is 4.79 Å². The van der Waals surface area contributed by atoms with Gasteiger partial charge in [-0.05, 0) is 62.4 Å². The van der Waals surface area contributed by atoms with Crippen molar-refractivity contribution in [2.24, 2.45) is 11.8 Å². The highest BCUT2D eigenvalue weighted by Crippen LogP contribution is 2.28. The van der Waals surface area contributed by atoms with Crippen LogP contribution in [0.15, 0.2) is 29.2 Å². The molecular weight excluding hydrogens is 362 g/mol. The largest absolute Gasteiger partial charge is 0.349 e.